The van der Waals surface area contributed by atoms with Crippen LogP contribution in [-0.2, 0) is 0 Å². The Kier molecular flexibility index (Phi) is 4.15. The van der Waals surface area contributed by atoms with Crippen LogP contribution in [0.25, 0.3) is 10.8 Å². The molecule has 0 atom stereocenters. The van der Waals surface area contributed by atoms with E-state index in [2.05, 4.69) is 104 Å². The minimum atomic E-state index is -0.558. The second-order valence-electron chi connectivity index (χ2n) is 5.95. The number of fused-ring (bicyclic) bond motifs is 1. The van der Waals surface area contributed by atoms with Gasteiger partial charge in [0.25, 0.3) is 0 Å². The summed E-state index contributed by atoms with van der Waals surface area (Å²) in [7, 11) is -0.558. The molecule has 0 saturated heterocycles. The maximum atomic E-state index is 2.32. The molecule has 0 amide bonds. The Morgan fingerprint density at radius 1 is 0.500 bits per heavy atom. The zero-order chi connectivity index (χ0) is 16.4. The fraction of sp³-hybridized carbons (Fsp3) is 0.0435. The van der Waals surface area contributed by atoms with E-state index in [0.29, 0.717) is 0 Å². The van der Waals surface area contributed by atoms with Crippen LogP contribution < -0.4 is 15.9 Å². The van der Waals surface area contributed by atoms with Crippen LogP contribution in [0, 0.1) is 6.92 Å². The smallest absolute Gasteiger partial charge is 0.00724 e. The van der Waals surface area contributed by atoms with Crippen molar-refractivity contribution in [1.29, 1.82) is 0 Å². The lowest BCUT2D eigenvalue weighted by molar-refractivity contribution is 1.54. The number of hydrogen-bond donors (Lipinski definition) is 0. The zero-order valence-electron chi connectivity index (χ0n) is 13.7. The fourth-order valence-corrected chi connectivity index (χ4v) is 5.66. The van der Waals surface area contributed by atoms with Gasteiger partial charge in [0.05, 0.1) is 0 Å². The quantitative estimate of drug-likeness (QED) is 0.469. The Morgan fingerprint density at radius 3 is 1.58 bits per heavy atom. The molecule has 24 heavy (non-hydrogen) atoms. The van der Waals surface area contributed by atoms with Crippen molar-refractivity contribution < 1.29 is 0 Å². The fourth-order valence-electron chi connectivity index (χ4n) is 3.21. The van der Waals surface area contributed by atoms with Crippen LogP contribution in [0.2, 0.25) is 0 Å². The molecule has 0 aliphatic rings. The standard InChI is InChI=1S/C23H19P/c1-18-16-17-23(22-15-9-8-14-21(18)22)24(19-10-4-2-5-11-19)20-12-6-3-7-13-20/h2-17H,1H3. The average Bonchev–Trinajstić information content (AvgIpc) is 2.66. The molecule has 0 spiro atoms. The highest BCUT2D eigenvalue weighted by atomic mass is 31.1. The summed E-state index contributed by atoms with van der Waals surface area (Å²) in [6.45, 7) is 2.19. The molecule has 1 heteroatoms. The van der Waals surface area contributed by atoms with Gasteiger partial charge in [-0.15, -0.1) is 0 Å². The summed E-state index contributed by atoms with van der Waals surface area (Å²) in [6, 6.07) is 35.1. The van der Waals surface area contributed by atoms with E-state index in [1.54, 1.807) is 0 Å². The summed E-state index contributed by atoms with van der Waals surface area (Å²) >= 11 is 0. The molecule has 0 aliphatic carbocycles. The molecule has 0 saturated carbocycles. The third-order valence-corrected chi connectivity index (χ3v) is 6.89. The average molecular weight is 326 g/mol. The minimum absolute atomic E-state index is 0.558. The van der Waals surface area contributed by atoms with Crippen molar-refractivity contribution in [2.24, 2.45) is 0 Å². The van der Waals surface area contributed by atoms with E-state index in [1.807, 2.05) is 0 Å². The first kappa shape index (κ1) is 15.1. The van der Waals surface area contributed by atoms with E-state index < -0.39 is 7.92 Å². The molecule has 0 nitrogen and oxygen atoms in total. The first-order valence-corrected chi connectivity index (χ1v) is 9.57. The molecule has 4 aromatic carbocycles. The number of aryl methyl sites for hydroxylation is 1. The molecular weight excluding hydrogens is 307 g/mol. The van der Waals surface area contributed by atoms with Crippen LogP contribution in [0.1, 0.15) is 5.56 Å². The van der Waals surface area contributed by atoms with Crippen molar-refractivity contribution in [3.63, 3.8) is 0 Å². The molecule has 0 N–H and O–H groups in total. The van der Waals surface area contributed by atoms with Gasteiger partial charge in [-0.2, -0.15) is 0 Å². The van der Waals surface area contributed by atoms with Gasteiger partial charge in [-0.1, -0.05) is 97.1 Å². The van der Waals surface area contributed by atoms with Crippen molar-refractivity contribution in [3.8, 4) is 0 Å². The molecule has 0 aromatic heterocycles. The second kappa shape index (κ2) is 6.59. The number of rotatable bonds is 3. The summed E-state index contributed by atoms with van der Waals surface area (Å²) in [5.41, 5.74) is 1.34. The summed E-state index contributed by atoms with van der Waals surface area (Å²) < 4.78 is 0. The first-order chi connectivity index (χ1) is 11.8. The van der Waals surface area contributed by atoms with Crippen LogP contribution in [-0.4, -0.2) is 0 Å². The zero-order valence-corrected chi connectivity index (χ0v) is 14.6. The normalized spacial score (nSPS) is 11.1. The van der Waals surface area contributed by atoms with E-state index in [0.717, 1.165) is 0 Å². The maximum absolute atomic E-state index is 2.32. The molecule has 0 heterocycles. The molecule has 116 valence electrons. The molecular formula is C23H19P. The van der Waals surface area contributed by atoms with Crippen LogP contribution in [0.3, 0.4) is 0 Å². The Labute approximate surface area is 144 Å². The lowest BCUT2D eigenvalue weighted by Crippen LogP contribution is -2.21. The van der Waals surface area contributed by atoms with Crippen LogP contribution >= 0.6 is 7.92 Å². The highest BCUT2D eigenvalue weighted by molar-refractivity contribution is 7.80. The van der Waals surface area contributed by atoms with Crippen molar-refractivity contribution in [3.05, 3.63) is 103 Å². The summed E-state index contributed by atoms with van der Waals surface area (Å²) in [5, 5.41) is 6.95. The summed E-state index contributed by atoms with van der Waals surface area (Å²) in [6.07, 6.45) is 0. The highest BCUT2D eigenvalue weighted by Crippen LogP contribution is 2.36. The minimum Gasteiger partial charge on any atom is -0.0622 e. The lowest BCUT2D eigenvalue weighted by atomic mass is 10.1. The second-order valence-corrected chi connectivity index (χ2v) is 8.14. The van der Waals surface area contributed by atoms with Gasteiger partial charge < -0.3 is 0 Å². The number of hydrogen-bond acceptors (Lipinski definition) is 0. The van der Waals surface area contributed by atoms with Gasteiger partial charge in [0, 0.05) is 0 Å². The van der Waals surface area contributed by atoms with Crippen molar-refractivity contribution in [2.45, 2.75) is 6.92 Å². The molecule has 0 radical (unpaired) electrons. The Bertz CT molecular complexity index is 919. The van der Waals surface area contributed by atoms with Gasteiger partial charge in [0.2, 0.25) is 0 Å². The Balaban J connectivity index is 2.00. The SMILES string of the molecule is Cc1ccc(P(c2ccccc2)c2ccccc2)c2ccccc12. The van der Waals surface area contributed by atoms with E-state index in [4.69, 9.17) is 0 Å². The van der Waals surface area contributed by atoms with Crippen molar-refractivity contribution in [1.82, 2.24) is 0 Å². The van der Waals surface area contributed by atoms with Crippen molar-refractivity contribution >= 4 is 34.6 Å². The molecule has 4 rings (SSSR count). The lowest BCUT2D eigenvalue weighted by Gasteiger charge is -2.21. The number of benzene rings is 4. The summed E-state index contributed by atoms with van der Waals surface area (Å²) in [5.74, 6) is 0. The van der Waals surface area contributed by atoms with Crippen LogP contribution in [0.15, 0.2) is 97.1 Å². The Hall–Kier alpha value is -2.43. The maximum Gasteiger partial charge on any atom is -0.00724 e. The monoisotopic (exact) mass is 326 g/mol. The predicted molar refractivity (Wildman–Crippen MR) is 107 cm³/mol. The van der Waals surface area contributed by atoms with E-state index >= 15 is 0 Å². The van der Waals surface area contributed by atoms with E-state index in [-0.39, 0.29) is 0 Å². The van der Waals surface area contributed by atoms with Gasteiger partial charge >= 0.3 is 0 Å². The van der Waals surface area contributed by atoms with E-state index in [9.17, 15) is 0 Å². The van der Waals surface area contributed by atoms with Gasteiger partial charge in [0.15, 0.2) is 0 Å². The van der Waals surface area contributed by atoms with Crippen LogP contribution in [0.4, 0.5) is 0 Å². The van der Waals surface area contributed by atoms with Gasteiger partial charge in [0.1, 0.15) is 0 Å². The molecule has 0 unspecified atom stereocenters. The largest absolute Gasteiger partial charge is 0.0622 e. The third kappa shape index (κ3) is 2.75. The first-order valence-electron chi connectivity index (χ1n) is 8.23. The molecule has 4 aromatic rings. The molecule has 0 aliphatic heterocycles. The third-order valence-electron chi connectivity index (χ3n) is 4.39. The summed E-state index contributed by atoms with van der Waals surface area (Å²) in [4.78, 5) is 0. The van der Waals surface area contributed by atoms with Crippen molar-refractivity contribution in [2.75, 3.05) is 0 Å². The van der Waals surface area contributed by atoms with Gasteiger partial charge in [-0.25, -0.2) is 0 Å². The predicted octanol–water partition coefficient (Wildman–Crippen LogP) is 4.91. The molecule has 0 fully saturated rings. The van der Waals surface area contributed by atoms with Gasteiger partial charge in [-0.05, 0) is 47.1 Å². The Morgan fingerprint density at radius 2 is 1.00 bits per heavy atom. The topological polar surface area (TPSA) is 0 Å². The van der Waals surface area contributed by atoms with Gasteiger partial charge in [-0.3, -0.25) is 0 Å². The highest BCUT2D eigenvalue weighted by Gasteiger charge is 2.18. The van der Waals surface area contributed by atoms with E-state index in [1.165, 1.54) is 32.2 Å². The van der Waals surface area contributed by atoms with Crippen LogP contribution in [0.5, 0.6) is 0 Å². The molecule has 0 bridgehead atoms.